The summed E-state index contributed by atoms with van der Waals surface area (Å²) < 4.78 is 0. The summed E-state index contributed by atoms with van der Waals surface area (Å²) in [5, 5.41) is 14.8. The minimum atomic E-state index is -0.852. The molecular formula is C19H27N3O4. The summed E-state index contributed by atoms with van der Waals surface area (Å²) in [7, 11) is 0. The number of likely N-dealkylation sites (tertiary alicyclic amines) is 1. The Bertz CT molecular complexity index is 630. The van der Waals surface area contributed by atoms with E-state index >= 15 is 0 Å². The molecule has 0 radical (unpaired) electrons. The zero-order valence-electron chi connectivity index (χ0n) is 15.2. The van der Waals surface area contributed by atoms with E-state index in [1.54, 1.807) is 17.0 Å². The SMILES string of the molecule is CCCCNC(=O)c1ccc(CNC(=O)N2CCCC(C(=O)O)C2)cc1. The van der Waals surface area contributed by atoms with Gasteiger partial charge >= 0.3 is 12.0 Å². The molecule has 1 heterocycles. The normalized spacial score (nSPS) is 16.8. The molecule has 1 fully saturated rings. The van der Waals surface area contributed by atoms with Crippen molar-refractivity contribution in [2.75, 3.05) is 19.6 Å². The van der Waals surface area contributed by atoms with Crippen LogP contribution < -0.4 is 10.6 Å². The molecule has 0 spiro atoms. The molecule has 1 unspecified atom stereocenters. The van der Waals surface area contributed by atoms with Crippen LogP contribution in [0.1, 0.15) is 48.5 Å². The quantitative estimate of drug-likeness (QED) is 0.649. The van der Waals surface area contributed by atoms with Gasteiger partial charge in [0.25, 0.3) is 5.91 Å². The van der Waals surface area contributed by atoms with Gasteiger partial charge in [-0.3, -0.25) is 9.59 Å². The number of hydrogen-bond acceptors (Lipinski definition) is 3. The molecule has 0 aromatic heterocycles. The molecule has 26 heavy (non-hydrogen) atoms. The van der Waals surface area contributed by atoms with Gasteiger partial charge in [0.05, 0.1) is 5.92 Å². The van der Waals surface area contributed by atoms with Gasteiger partial charge < -0.3 is 20.6 Å². The molecule has 142 valence electrons. The smallest absolute Gasteiger partial charge is 0.317 e. The molecule has 1 saturated heterocycles. The highest BCUT2D eigenvalue weighted by atomic mass is 16.4. The third-order valence-electron chi connectivity index (χ3n) is 4.53. The number of carbonyl (C=O) groups is 3. The molecule has 1 atom stereocenters. The van der Waals surface area contributed by atoms with Crippen molar-refractivity contribution in [3.8, 4) is 0 Å². The summed E-state index contributed by atoms with van der Waals surface area (Å²) in [5.41, 5.74) is 1.48. The molecule has 1 aliphatic heterocycles. The van der Waals surface area contributed by atoms with Crippen molar-refractivity contribution >= 4 is 17.9 Å². The van der Waals surface area contributed by atoms with Crippen molar-refractivity contribution in [3.05, 3.63) is 35.4 Å². The lowest BCUT2D eigenvalue weighted by molar-refractivity contribution is -0.143. The molecule has 0 bridgehead atoms. The van der Waals surface area contributed by atoms with E-state index in [1.165, 1.54) is 0 Å². The summed E-state index contributed by atoms with van der Waals surface area (Å²) in [6, 6.07) is 6.85. The number of piperidine rings is 1. The predicted octanol–water partition coefficient (Wildman–Crippen LogP) is 2.22. The highest BCUT2D eigenvalue weighted by Crippen LogP contribution is 2.16. The lowest BCUT2D eigenvalue weighted by Gasteiger charge is -2.30. The van der Waals surface area contributed by atoms with Gasteiger partial charge in [0, 0.05) is 31.7 Å². The Morgan fingerprint density at radius 2 is 1.92 bits per heavy atom. The van der Waals surface area contributed by atoms with Crippen LogP contribution in [0.25, 0.3) is 0 Å². The summed E-state index contributed by atoms with van der Waals surface area (Å²) in [6.45, 7) is 3.90. The summed E-state index contributed by atoms with van der Waals surface area (Å²) >= 11 is 0. The number of nitrogens with one attached hydrogen (secondary N) is 2. The van der Waals surface area contributed by atoms with E-state index in [1.807, 2.05) is 12.1 Å². The Kier molecular flexibility index (Phi) is 7.44. The number of rotatable bonds is 7. The Morgan fingerprint density at radius 1 is 1.19 bits per heavy atom. The largest absolute Gasteiger partial charge is 0.481 e. The van der Waals surface area contributed by atoms with E-state index in [0.717, 1.165) is 18.4 Å². The van der Waals surface area contributed by atoms with Crippen molar-refractivity contribution < 1.29 is 19.5 Å². The van der Waals surface area contributed by atoms with Gasteiger partial charge in [-0.25, -0.2) is 4.79 Å². The minimum absolute atomic E-state index is 0.0953. The summed E-state index contributed by atoms with van der Waals surface area (Å²) in [6.07, 6.45) is 3.30. The van der Waals surface area contributed by atoms with Crippen LogP contribution in [0.15, 0.2) is 24.3 Å². The first-order valence-electron chi connectivity index (χ1n) is 9.14. The fourth-order valence-corrected chi connectivity index (χ4v) is 2.91. The minimum Gasteiger partial charge on any atom is -0.481 e. The number of carboxylic acid groups (broad SMARTS) is 1. The van der Waals surface area contributed by atoms with Crippen LogP contribution in [0.4, 0.5) is 4.79 Å². The molecule has 7 nitrogen and oxygen atoms in total. The lowest BCUT2D eigenvalue weighted by atomic mass is 9.99. The number of carboxylic acids is 1. The Balaban J connectivity index is 1.81. The van der Waals surface area contributed by atoms with Crippen LogP contribution in [0.5, 0.6) is 0 Å². The van der Waals surface area contributed by atoms with Gasteiger partial charge in [-0.2, -0.15) is 0 Å². The molecule has 7 heteroatoms. The van der Waals surface area contributed by atoms with Gasteiger partial charge in [0.2, 0.25) is 0 Å². The number of urea groups is 1. The number of carbonyl (C=O) groups excluding carboxylic acids is 2. The van der Waals surface area contributed by atoms with Gasteiger partial charge in [0.1, 0.15) is 0 Å². The third-order valence-corrected chi connectivity index (χ3v) is 4.53. The molecule has 0 aliphatic carbocycles. The van der Waals surface area contributed by atoms with Crippen molar-refractivity contribution in [2.45, 2.75) is 39.2 Å². The van der Waals surface area contributed by atoms with E-state index in [4.69, 9.17) is 5.11 Å². The second-order valence-electron chi connectivity index (χ2n) is 6.59. The zero-order chi connectivity index (χ0) is 18.9. The van der Waals surface area contributed by atoms with Crippen LogP contribution >= 0.6 is 0 Å². The number of benzene rings is 1. The first-order chi connectivity index (χ1) is 12.5. The maximum atomic E-state index is 12.2. The standard InChI is InChI=1S/C19H27N3O4/c1-2-3-10-20-17(23)15-8-6-14(7-9-15)12-21-19(26)22-11-4-5-16(13-22)18(24)25/h6-9,16H,2-5,10-13H2,1H3,(H,20,23)(H,21,26)(H,24,25). The number of aliphatic carboxylic acids is 1. The highest BCUT2D eigenvalue weighted by molar-refractivity contribution is 5.94. The summed E-state index contributed by atoms with van der Waals surface area (Å²) in [4.78, 5) is 36.8. The van der Waals surface area contributed by atoms with Crippen LogP contribution in [0, 0.1) is 5.92 Å². The van der Waals surface area contributed by atoms with Crippen LogP contribution in [-0.4, -0.2) is 47.5 Å². The molecule has 1 aliphatic rings. The maximum absolute atomic E-state index is 12.2. The van der Waals surface area contributed by atoms with Crippen molar-refractivity contribution in [2.24, 2.45) is 5.92 Å². The molecule has 2 rings (SSSR count). The Hall–Kier alpha value is -2.57. The monoisotopic (exact) mass is 361 g/mol. The van der Waals surface area contributed by atoms with E-state index < -0.39 is 11.9 Å². The first-order valence-corrected chi connectivity index (χ1v) is 9.14. The lowest BCUT2D eigenvalue weighted by Crippen LogP contribution is -2.46. The predicted molar refractivity (Wildman–Crippen MR) is 97.9 cm³/mol. The van der Waals surface area contributed by atoms with E-state index in [2.05, 4.69) is 17.6 Å². The Morgan fingerprint density at radius 3 is 2.58 bits per heavy atom. The summed E-state index contributed by atoms with van der Waals surface area (Å²) in [5.74, 6) is -1.43. The zero-order valence-corrected chi connectivity index (χ0v) is 15.2. The number of unbranched alkanes of at least 4 members (excludes halogenated alkanes) is 1. The number of nitrogens with zero attached hydrogens (tertiary/aromatic N) is 1. The fraction of sp³-hybridized carbons (Fsp3) is 0.526. The topological polar surface area (TPSA) is 98.7 Å². The molecule has 0 saturated carbocycles. The molecule has 1 aromatic carbocycles. The first kappa shape index (κ1) is 19.8. The van der Waals surface area contributed by atoms with Crippen LogP contribution in [0.2, 0.25) is 0 Å². The maximum Gasteiger partial charge on any atom is 0.317 e. The van der Waals surface area contributed by atoms with Crippen molar-refractivity contribution in [1.82, 2.24) is 15.5 Å². The van der Waals surface area contributed by atoms with Crippen molar-refractivity contribution in [3.63, 3.8) is 0 Å². The molecule has 1 aromatic rings. The average molecular weight is 361 g/mol. The Labute approximate surface area is 153 Å². The van der Waals surface area contributed by atoms with Crippen LogP contribution in [-0.2, 0) is 11.3 Å². The van der Waals surface area contributed by atoms with E-state index in [-0.39, 0.29) is 18.5 Å². The second kappa shape index (κ2) is 9.79. The third kappa shape index (κ3) is 5.75. The molecule has 3 amide bonds. The number of amides is 3. The van der Waals surface area contributed by atoms with E-state index in [0.29, 0.717) is 38.0 Å². The van der Waals surface area contributed by atoms with E-state index in [9.17, 15) is 14.4 Å². The van der Waals surface area contributed by atoms with Gasteiger partial charge in [-0.1, -0.05) is 25.5 Å². The molecular weight excluding hydrogens is 334 g/mol. The second-order valence-corrected chi connectivity index (χ2v) is 6.59. The highest BCUT2D eigenvalue weighted by Gasteiger charge is 2.27. The fourth-order valence-electron chi connectivity index (χ4n) is 2.91. The average Bonchev–Trinajstić information content (AvgIpc) is 2.66. The number of hydrogen-bond donors (Lipinski definition) is 3. The molecule has 3 N–H and O–H groups in total. The van der Waals surface area contributed by atoms with Gasteiger partial charge in [0.15, 0.2) is 0 Å². The van der Waals surface area contributed by atoms with Gasteiger partial charge in [-0.05, 0) is 37.0 Å². The van der Waals surface area contributed by atoms with Crippen molar-refractivity contribution in [1.29, 1.82) is 0 Å². The van der Waals surface area contributed by atoms with Gasteiger partial charge in [-0.15, -0.1) is 0 Å². The van der Waals surface area contributed by atoms with Crippen LogP contribution in [0.3, 0.4) is 0 Å².